The molecule has 1 aliphatic rings. The van der Waals surface area contributed by atoms with Crippen LogP contribution in [0.15, 0.2) is 17.4 Å². The maximum Gasteiger partial charge on any atom is 0.193 e. The number of hydrogen-bond acceptors (Lipinski definition) is 4. The fourth-order valence-electron chi connectivity index (χ4n) is 3.34. The first-order valence-corrected chi connectivity index (χ1v) is 9.73. The van der Waals surface area contributed by atoms with Crippen LogP contribution in [-0.2, 0) is 11.8 Å². The van der Waals surface area contributed by atoms with Crippen molar-refractivity contribution in [1.82, 2.24) is 24.9 Å². The summed E-state index contributed by atoms with van der Waals surface area (Å²) in [5.41, 5.74) is 1.20. The lowest BCUT2D eigenvalue weighted by Crippen LogP contribution is -2.40. The molecule has 1 unspecified atom stereocenters. The summed E-state index contributed by atoms with van der Waals surface area (Å²) in [5.74, 6) is 1.76. The summed E-state index contributed by atoms with van der Waals surface area (Å²) in [7, 11) is 8.27. The number of aliphatic imine (C=N–C) groups is 1. The maximum atomic E-state index is 5.46. The van der Waals surface area contributed by atoms with Crippen LogP contribution >= 0.6 is 0 Å². The van der Waals surface area contributed by atoms with Gasteiger partial charge in [0.2, 0.25) is 0 Å². The van der Waals surface area contributed by atoms with Gasteiger partial charge in [-0.2, -0.15) is 5.10 Å². The molecule has 0 aliphatic carbocycles. The zero-order chi connectivity index (χ0) is 18.9. The van der Waals surface area contributed by atoms with Crippen LogP contribution in [0.3, 0.4) is 0 Å². The molecule has 0 aromatic carbocycles. The molecule has 0 saturated carbocycles. The second-order valence-electron chi connectivity index (χ2n) is 7.39. The van der Waals surface area contributed by atoms with E-state index in [0.29, 0.717) is 6.54 Å². The van der Waals surface area contributed by atoms with Crippen LogP contribution in [0.1, 0.15) is 37.8 Å². The fraction of sp³-hybridized carbons (Fsp3) is 0.789. The van der Waals surface area contributed by atoms with Crippen molar-refractivity contribution in [3.05, 3.63) is 18.0 Å². The van der Waals surface area contributed by atoms with Crippen molar-refractivity contribution in [2.75, 3.05) is 54.0 Å². The van der Waals surface area contributed by atoms with Crippen LogP contribution in [0.2, 0.25) is 0 Å². The Labute approximate surface area is 158 Å². The van der Waals surface area contributed by atoms with Gasteiger partial charge in [-0.05, 0) is 46.2 Å². The van der Waals surface area contributed by atoms with Crippen LogP contribution < -0.4 is 5.32 Å². The van der Waals surface area contributed by atoms with Gasteiger partial charge in [0.15, 0.2) is 5.96 Å². The second kappa shape index (κ2) is 10.5. The number of ether oxygens (including phenoxy) is 1. The van der Waals surface area contributed by atoms with Crippen LogP contribution in [0, 0.1) is 5.92 Å². The highest BCUT2D eigenvalue weighted by molar-refractivity contribution is 5.79. The van der Waals surface area contributed by atoms with Gasteiger partial charge in [0, 0.05) is 52.2 Å². The number of aromatic nitrogens is 2. The first-order chi connectivity index (χ1) is 12.5. The Hall–Kier alpha value is -1.60. The normalized spacial score (nSPS) is 17.5. The van der Waals surface area contributed by atoms with Gasteiger partial charge in [-0.15, -0.1) is 0 Å². The summed E-state index contributed by atoms with van der Waals surface area (Å²) in [6.45, 7) is 6.56. The van der Waals surface area contributed by atoms with E-state index in [1.807, 2.05) is 17.9 Å². The molecule has 7 heteroatoms. The van der Waals surface area contributed by atoms with E-state index >= 15 is 0 Å². The van der Waals surface area contributed by atoms with Crippen LogP contribution in [0.4, 0.5) is 0 Å². The fourth-order valence-corrected chi connectivity index (χ4v) is 3.34. The van der Waals surface area contributed by atoms with Gasteiger partial charge in [-0.25, -0.2) is 0 Å². The molecule has 1 N–H and O–H groups in total. The molecule has 0 spiro atoms. The summed E-state index contributed by atoms with van der Waals surface area (Å²) in [6.07, 6.45) is 7.57. The Morgan fingerprint density at radius 1 is 1.38 bits per heavy atom. The standard InChI is InChI=1S/C19H36N6O/c1-6-20-19(24(4)10-7-16-8-11-26-12-9-16)21-14-18(23(2)3)17-13-22-25(5)15-17/h13,15-16,18H,6-12,14H2,1-5H3,(H,20,21). The summed E-state index contributed by atoms with van der Waals surface area (Å²) in [4.78, 5) is 9.37. The molecule has 148 valence electrons. The third-order valence-electron chi connectivity index (χ3n) is 5.06. The molecular formula is C19H36N6O. The third kappa shape index (κ3) is 6.29. The first kappa shape index (κ1) is 20.7. The van der Waals surface area contributed by atoms with Gasteiger partial charge in [-0.3, -0.25) is 9.67 Å². The average Bonchev–Trinajstić information content (AvgIpc) is 3.05. The van der Waals surface area contributed by atoms with Crippen LogP contribution in [0.25, 0.3) is 0 Å². The van der Waals surface area contributed by atoms with E-state index in [-0.39, 0.29) is 6.04 Å². The smallest absolute Gasteiger partial charge is 0.193 e. The molecule has 1 fully saturated rings. The van der Waals surface area contributed by atoms with E-state index in [1.54, 1.807) is 0 Å². The molecule has 1 atom stereocenters. The molecule has 0 bridgehead atoms. The minimum absolute atomic E-state index is 0.223. The molecule has 2 rings (SSSR count). The Balaban J connectivity index is 1.96. The molecule has 1 aromatic heterocycles. The predicted octanol–water partition coefficient (Wildman–Crippen LogP) is 1.74. The van der Waals surface area contributed by atoms with E-state index in [4.69, 9.17) is 9.73 Å². The topological polar surface area (TPSA) is 57.9 Å². The number of likely N-dealkylation sites (N-methyl/N-ethyl adjacent to an activating group) is 1. The number of nitrogens with zero attached hydrogens (tertiary/aromatic N) is 5. The van der Waals surface area contributed by atoms with Gasteiger partial charge >= 0.3 is 0 Å². The van der Waals surface area contributed by atoms with Crippen molar-refractivity contribution in [2.45, 2.75) is 32.2 Å². The minimum Gasteiger partial charge on any atom is -0.381 e. The summed E-state index contributed by atoms with van der Waals surface area (Å²) >= 11 is 0. The lowest BCUT2D eigenvalue weighted by atomic mass is 9.96. The molecule has 0 radical (unpaired) electrons. The van der Waals surface area contributed by atoms with E-state index in [9.17, 15) is 0 Å². The molecule has 26 heavy (non-hydrogen) atoms. The molecule has 1 aliphatic heterocycles. The van der Waals surface area contributed by atoms with Gasteiger partial charge in [0.25, 0.3) is 0 Å². The maximum absolute atomic E-state index is 5.46. The number of nitrogens with one attached hydrogen (secondary N) is 1. The molecule has 1 saturated heterocycles. The largest absolute Gasteiger partial charge is 0.381 e. The van der Waals surface area contributed by atoms with Crippen LogP contribution in [-0.4, -0.2) is 79.5 Å². The highest BCUT2D eigenvalue weighted by atomic mass is 16.5. The number of aryl methyl sites for hydroxylation is 1. The molecule has 0 amide bonds. The zero-order valence-corrected chi connectivity index (χ0v) is 17.1. The molecule has 2 heterocycles. The number of hydrogen-bond donors (Lipinski definition) is 1. The van der Waals surface area contributed by atoms with Crippen molar-refractivity contribution in [2.24, 2.45) is 18.0 Å². The average molecular weight is 365 g/mol. The SMILES string of the molecule is CCNC(=NCC(c1cnn(C)c1)N(C)C)N(C)CCC1CCOCC1. The lowest BCUT2D eigenvalue weighted by molar-refractivity contribution is 0.0625. The van der Waals surface area contributed by atoms with Gasteiger partial charge in [0.05, 0.1) is 18.8 Å². The Kier molecular flexibility index (Phi) is 8.38. The summed E-state index contributed by atoms with van der Waals surface area (Å²) < 4.78 is 7.31. The van der Waals surface area contributed by atoms with E-state index in [1.165, 1.54) is 24.8 Å². The highest BCUT2D eigenvalue weighted by Crippen LogP contribution is 2.19. The molecule has 1 aromatic rings. The van der Waals surface area contributed by atoms with Crippen molar-refractivity contribution in [3.63, 3.8) is 0 Å². The summed E-state index contributed by atoms with van der Waals surface area (Å²) in [6, 6.07) is 0.223. The summed E-state index contributed by atoms with van der Waals surface area (Å²) in [5, 5.41) is 7.74. The Morgan fingerprint density at radius 3 is 2.69 bits per heavy atom. The Morgan fingerprint density at radius 2 is 2.12 bits per heavy atom. The zero-order valence-electron chi connectivity index (χ0n) is 17.1. The third-order valence-corrected chi connectivity index (χ3v) is 5.06. The van der Waals surface area contributed by atoms with Gasteiger partial charge in [-0.1, -0.05) is 0 Å². The van der Waals surface area contributed by atoms with E-state index in [2.05, 4.69) is 54.5 Å². The van der Waals surface area contributed by atoms with E-state index in [0.717, 1.165) is 38.2 Å². The van der Waals surface area contributed by atoms with E-state index < -0.39 is 0 Å². The van der Waals surface area contributed by atoms with Crippen LogP contribution in [0.5, 0.6) is 0 Å². The van der Waals surface area contributed by atoms with Crippen molar-refractivity contribution in [3.8, 4) is 0 Å². The highest BCUT2D eigenvalue weighted by Gasteiger charge is 2.18. The van der Waals surface area contributed by atoms with Gasteiger partial charge < -0.3 is 19.9 Å². The first-order valence-electron chi connectivity index (χ1n) is 9.73. The quantitative estimate of drug-likeness (QED) is 0.562. The minimum atomic E-state index is 0.223. The monoisotopic (exact) mass is 364 g/mol. The molecule has 7 nitrogen and oxygen atoms in total. The van der Waals surface area contributed by atoms with Crippen molar-refractivity contribution in [1.29, 1.82) is 0 Å². The van der Waals surface area contributed by atoms with Crippen molar-refractivity contribution < 1.29 is 4.74 Å². The lowest BCUT2D eigenvalue weighted by Gasteiger charge is -2.28. The second-order valence-corrected chi connectivity index (χ2v) is 7.39. The number of rotatable bonds is 8. The number of guanidine groups is 1. The van der Waals surface area contributed by atoms with Crippen molar-refractivity contribution >= 4 is 5.96 Å². The molecular weight excluding hydrogens is 328 g/mol. The predicted molar refractivity (Wildman–Crippen MR) is 106 cm³/mol. The Bertz CT molecular complexity index is 550. The van der Waals surface area contributed by atoms with Gasteiger partial charge in [0.1, 0.15) is 0 Å².